The van der Waals surface area contributed by atoms with E-state index in [1.165, 1.54) is 5.56 Å². The Labute approximate surface area is 96.9 Å². The van der Waals surface area contributed by atoms with Gasteiger partial charge in [-0.1, -0.05) is 30.3 Å². The SMILES string of the molecule is NCC(c1ccccc1)c1ncc(Br)[nH]1. The van der Waals surface area contributed by atoms with Gasteiger partial charge < -0.3 is 10.7 Å². The number of nitrogens with two attached hydrogens (primary N) is 1. The molecule has 2 aromatic rings. The van der Waals surface area contributed by atoms with E-state index in [9.17, 15) is 0 Å². The highest BCUT2D eigenvalue weighted by Gasteiger charge is 2.14. The first-order valence-electron chi connectivity index (χ1n) is 4.76. The fourth-order valence-corrected chi connectivity index (χ4v) is 1.89. The summed E-state index contributed by atoms with van der Waals surface area (Å²) in [4.78, 5) is 7.43. The summed E-state index contributed by atoms with van der Waals surface area (Å²) in [5.74, 6) is 1.04. The zero-order chi connectivity index (χ0) is 10.7. The van der Waals surface area contributed by atoms with Crippen molar-refractivity contribution in [3.05, 3.63) is 52.5 Å². The second kappa shape index (κ2) is 4.59. The molecule has 1 aromatic carbocycles. The molecule has 15 heavy (non-hydrogen) atoms. The lowest BCUT2D eigenvalue weighted by Gasteiger charge is -2.11. The molecule has 0 spiro atoms. The number of imidazole rings is 1. The van der Waals surface area contributed by atoms with Crippen molar-refractivity contribution < 1.29 is 0 Å². The van der Waals surface area contributed by atoms with Gasteiger partial charge in [0, 0.05) is 6.54 Å². The average Bonchev–Trinajstić information content (AvgIpc) is 2.68. The molecule has 3 N–H and O–H groups in total. The number of hydrogen-bond donors (Lipinski definition) is 2. The van der Waals surface area contributed by atoms with E-state index in [-0.39, 0.29) is 5.92 Å². The molecule has 2 rings (SSSR count). The van der Waals surface area contributed by atoms with Crippen molar-refractivity contribution >= 4 is 15.9 Å². The van der Waals surface area contributed by atoms with E-state index in [0.717, 1.165) is 10.4 Å². The molecule has 1 aromatic heterocycles. The number of H-pyrrole nitrogens is 1. The molecule has 0 amide bonds. The van der Waals surface area contributed by atoms with E-state index in [1.54, 1.807) is 6.20 Å². The minimum atomic E-state index is 0.137. The van der Waals surface area contributed by atoms with E-state index in [0.29, 0.717) is 6.54 Å². The van der Waals surface area contributed by atoms with E-state index in [2.05, 4.69) is 38.0 Å². The summed E-state index contributed by atoms with van der Waals surface area (Å²) < 4.78 is 0.881. The van der Waals surface area contributed by atoms with Crippen molar-refractivity contribution in [1.29, 1.82) is 0 Å². The van der Waals surface area contributed by atoms with Gasteiger partial charge in [0.2, 0.25) is 0 Å². The first-order chi connectivity index (χ1) is 7.31. The van der Waals surface area contributed by atoms with Crippen LogP contribution in [-0.4, -0.2) is 16.5 Å². The van der Waals surface area contributed by atoms with Crippen molar-refractivity contribution in [2.45, 2.75) is 5.92 Å². The van der Waals surface area contributed by atoms with Crippen LogP contribution >= 0.6 is 15.9 Å². The molecule has 1 heterocycles. The number of halogens is 1. The molecular weight excluding hydrogens is 254 g/mol. The third-order valence-corrected chi connectivity index (χ3v) is 2.74. The zero-order valence-corrected chi connectivity index (χ0v) is 9.74. The smallest absolute Gasteiger partial charge is 0.115 e. The minimum Gasteiger partial charge on any atom is -0.336 e. The van der Waals surface area contributed by atoms with E-state index < -0.39 is 0 Å². The molecule has 0 aliphatic rings. The Morgan fingerprint density at radius 1 is 1.33 bits per heavy atom. The van der Waals surface area contributed by atoms with Gasteiger partial charge in [-0.2, -0.15) is 0 Å². The third-order valence-electron chi connectivity index (χ3n) is 2.33. The molecule has 78 valence electrons. The number of hydrogen-bond acceptors (Lipinski definition) is 2. The molecule has 1 atom stereocenters. The molecule has 0 radical (unpaired) electrons. The van der Waals surface area contributed by atoms with Crippen LogP contribution in [0.5, 0.6) is 0 Å². The lowest BCUT2D eigenvalue weighted by Crippen LogP contribution is -2.15. The first-order valence-corrected chi connectivity index (χ1v) is 5.56. The summed E-state index contributed by atoms with van der Waals surface area (Å²) in [6.45, 7) is 0.546. The summed E-state index contributed by atoms with van der Waals surface area (Å²) in [7, 11) is 0. The maximum absolute atomic E-state index is 5.77. The van der Waals surface area contributed by atoms with E-state index in [4.69, 9.17) is 5.73 Å². The van der Waals surface area contributed by atoms with Crippen LogP contribution in [0.25, 0.3) is 0 Å². The molecule has 0 aliphatic heterocycles. The Morgan fingerprint density at radius 3 is 2.60 bits per heavy atom. The van der Waals surface area contributed by atoms with Crippen molar-refractivity contribution in [2.24, 2.45) is 5.73 Å². The standard InChI is InChI=1S/C11H12BrN3/c12-10-7-14-11(15-10)9(6-13)8-4-2-1-3-5-8/h1-5,7,9H,6,13H2,(H,14,15). The van der Waals surface area contributed by atoms with Gasteiger partial charge in [-0.3, -0.25) is 0 Å². The average molecular weight is 266 g/mol. The molecule has 0 bridgehead atoms. The van der Waals surface area contributed by atoms with Crippen LogP contribution in [0.3, 0.4) is 0 Å². The first kappa shape index (κ1) is 10.4. The molecule has 0 fully saturated rings. The zero-order valence-electron chi connectivity index (χ0n) is 8.15. The third kappa shape index (κ3) is 2.27. The number of aromatic nitrogens is 2. The second-order valence-electron chi connectivity index (χ2n) is 3.32. The summed E-state index contributed by atoms with van der Waals surface area (Å²) in [5, 5.41) is 0. The normalized spacial score (nSPS) is 12.7. The number of benzene rings is 1. The maximum atomic E-state index is 5.77. The van der Waals surface area contributed by atoms with E-state index >= 15 is 0 Å². The number of nitrogens with one attached hydrogen (secondary N) is 1. The van der Waals surface area contributed by atoms with Crippen molar-refractivity contribution in [1.82, 2.24) is 9.97 Å². The quantitative estimate of drug-likeness (QED) is 0.895. The topological polar surface area (TPSA) is 54.7 Å². The molecule has 1 unspecified atom stereocenters. The summed E-state index contributed by atoms with van der Waals surface area (Å²) in [6, 6.07) is 10.1. The number of nitrogens with zero attached hydrogens (tertiary/aromatic N) is 1. The highest BCUT2D eigenvalue weighted by Crippen LogP contribution is 2.21. The van der Waals surface area contributed by atoms with Crippen LogP contribution in [0.2, 0.25) is 0 Å². The van der Waals surface area contributed by atoms with Gasteiger partial charge >= 0.3 is 0 Å². The molecular formula is C11H12BrN3. The van der Waals surface area contributed by atoms with Gasteiger partial charge in [-0.05, 0) is 21.5 Å². The van der Waals surface area contributed by atoms with Gasteiger partial charge in [0.25, 0.3) is 0 Å². The van der Waals surface area contributed by atoms with Gasteiger partial charge in [-0.25, -0.2) is 4.98 Å². The Balaban J connectivity index is 2.33. The lowest BCUT2D eigenvalue weighted by atomic mass is 9.99. The Kier molecular flexibility index (Phi) is 3.18. The summed E-state index contributed by atoms with van der Waals surface area (Å²) in [6.07, 6.45) is 1.75. The Hall–Kier alpha value is -1.13. The van der Waals surface area contributed by atoms with Crippen molar-refractivity contribution in [3.8, 4) is 0 Å². The van der Waals surface area contributed by atoms with Gasteiger partial charge in [0.15, 0.2) is 0 Å². The van der Waals surface area contributed by atoms with Crippen LogP contribution in [0.1, 0.15) is 17.3 Å². The Morgan fingerprint density at radius 2 is 2.07 bits per heavy atom. The highest BCUT2D eigenvalue weighted by atomic mass is 79.9. The molecule has 4 heteroatoms. The van der Waals surface area contributed by atoms with Crippen LogP contribution in [0.15, 0.2) is 41.1 Å². The number of aromatic amines is 1. The molecule has 0 saturated carbocycles. The predicted octanol–water partition coefficient (Wildman–Crippen LogP) is 2.26. The molecule has 3 nitrogen and oxygen atoms in total. The predicted molar refractivity (Wildman–Crippen MR) is 63.6 cm³/mol. The maximum Gasteiger partial charge on any atom is 0.115 e. The van der Waals surface area contributed by atoms with E-state index in [1.807, 2.05) is 18.2 Å². The highest BCUT2D eigenvalue weighted by molar-refractivity contribution is 9.10. The fraction of sp³-hybridized carbons (Fsp3) is 0.182. The van der Waals surface area contributed by atoms with Crippen LogP contribution < -0.4 is 5.73 Å². The monoisotopic (exact) mass is 265 g/mol. The van der Waals surface area contributed by atoms with Crippen molar-refractivity contribution in [3.63, 3.8) is 0 Å². The van der Waals surface area contributed by atoms with Crippen LogP contribution in [0, 0.1) is 0 Å². The fourth-order valence-electron chi connectivity index (χ4n) is 1.58. The van der Waals surface area contributed by atoms with Gasteiger partial charge in [0.05, 0.1) is 12.1 Å². The molecule has 0 aliphatic carbocycles. The van der Waals surface area contributed by atoms with Crippen LogP contribution in [0.4, 0.5) is 0 Å². The van der Waals surface area contributed by atoms with Crippen LogP contribution in [-0.2, 0) is 0 Å². The van der Waals surface area contributed by atoms with Gasteiger partial charge in [-0.15, -0.1) is 0 Å². The second-order valence-corrected chi connectivity index (χ2v) is 4.17. The van der Waals surface area contributed by atoms with Crippen molar-refractivity contribution in [2.75, 3.05) is 6.54 Å². The molecule has 0 saturated heterocycles. The summed E-state index contributed by atoms with van der Waals surface area (Å²) in [5.41, 5.74) is 6.95. The van der Waals surface area contributed by atoms with Gasteiger partial charge in [0.1, 0.15) is 10.4 Å². The number of rotatable bonds is 3. The minimum absolute atomic E-state index is 0.137. The Bertz CT molecular complexity index is 424. The lowest BCUT2D eigenvalue weighted by molar-refractivity contribution is 0.764. The largest absolute Gasteiger partial charge is 0.336 e. The summed E-state index contributed by atoms with van der Waals surface area (Å²) >= 11 is 3.34.